The average molecular weight is 341 g/mol. The summed E-state index contributed by atoms with van der Waals surface area (Å²) < 4.78 is 1.67. The molecule has 2 atom stereocenters. The molecule has 2 aliphatic heterocycles. The van der Waals surface area contributed by atoms with Crippen molar-refractivity contribution in [1.29, 1.82) is 0 Å². The van der Waals surface area contributed by atoms with E-state index in [2.05, 4.69) is 15.3 Å². The van der Waals surface area contributed by atoms with Crippen LogP contribution in [0.25, 0.3) is 11.0 Å². The number of carbonyl (C=O) groups is 3. The van der Waals surface area contributed by atoms with Crippen molar-refractivity contribution in [1.82, 2.24) is 20.1 Å². The zero-order valence-electron chi connectivity index (χ0n) is 13.9. The van der Waals surface area contributed by atoms with Gasteiger partial charge in [-0.2, -0.15) is 5.10 Å². The molecule has 2 aromatic rings. The van der Waals surface area contributed by atoms with Crippen LogP contribution in [0.3, 0.4) is 0 Å². The average Bonchev–Trinajstić information content (AvgIpc) is 3.20. The Morgan fingerprint density at radius 1 is 1.28 bits per heavy atom. The van der Waals surface area contributed by atoms with Crippen LogP contribution in [-0.2, 0) is 21.4 Å². The second-order valence-electron chi connectivity index (χ2n) is 6.68. The molecular weight excluding hydrogens is 322 g/mol. The molecule has 130 valence electrons. The smallest absolute Gasteiger partial charge is 0.235 e. The number of nitrogens with zero attached hydrogens (tertiary/aromatic N) is 4. The summed E-state index contributed by atoms with van der Waals surface area (Å²) in [7, 11) is 1.80. The van der Waals surface area contributed by atoms with Crippen LogP contribution < -0.4 is 10.2 Å². The number of aromatic nitrogens is 3. The van der Waals surface area contributed by atoms with Crippen LogP contribution in [0.15, 0.2) is 12.1 Å². The Hall–Kier alpha value is -2.77. The lowest BCUT2D eigenvalue weighted by Gasteiger charge is -2.19. The van der Waals surface area contributed by atoms with Crippen molar-refractivity contribution in [3.63, 3.8) is 0 Å². The topological polar surface area (TPSA) is 97.2 Å². The maximum Gasteiger partial charge on any atom is 0.235 e. The molecule has 2 aliphatic rings. The number of aryl methyl sites for hydroxylation is 1. The minimum Gasteiger partial charge on any atom is -0.356 e. The molecule has 2 aromatic heterocycles. The fourth-order valence-corrected chi connectivity index (χ4v) is 3.64. The number of pyridine rings is 1. The quantitative estimate of drug-likeness (QED) is 0.645. The maximum atomic E-state index is 12.2. The molecule has 4 heterocycles. The van der Waals surface area contributed by atoms with Crippen molar-refractivity contribution < 1.29 is 14.4 Å². The van der Waals surface area contributed by atoms with Gasteiger partial charge in [-0.25, -0.2) is 4.98 Å². The number of amides is 2. The molecule has 25 heavy (non-hydrogen) atoms. The molecule has 2 fully saturated rings. The third-order valence-electron chi connectivity index (χ3n) is 5.01. The van der Waals surface area contributed by atoms with Crippen LogP contribution >= 0.6 is 0 Å². The summed E-state index contributed by atoms with van der Waals surface area (Å²) >= 11 is 0. The van der Waals surface area contributed by atoms with Gasteiger partial charge in [-0.15, -0.1) is 0 Å². The second-order valence-corrected chi connectivity index (χ2v) is 6.68. The number of carbonyl (C=O) groups excluding carboxylic acids is 3. The van der Waals surface area contributed by atoms with Crippen molar-refractivity contribution in [2.24, 2.45) is 13.0 Å². The molecule has 2 saturated heterocycles. The van der Waals surface area contributed by atoms with E-state index in [1.54, 1.807) is 11.7 Å². The number of rotatable bonds is 3. The van der Waals surface area contributed by atoms with Crippen LogP contribution in [0.4, 0.5) is 5.82 Å². The highest BCUT2D eigenvalue weighted by atomic mass is 16.2. The Bertz CT molecular complexity index is 875. The monoisotopic (exact) mass is 341 g/mol. The lowest BCUT2D eigenvalue weighted by molar-refractivity contribution is -0.134. The standard InChI is InChI=1S/C17H19N5O3/c1-21-16-11(15(20-21)12-3-5-14(24)19-17(12)25)2-4-13(18-16)22-7-6-10(8-22)9-23/h2,4,9-10,12H,3,5-8H2,1H3,(H,19,24,25). The molecule has 8 nitrogen and oxygen atoms in total. The van der Waals surface area contributed by atoms with E-state index < -0.39 is 5.92 Å². The summed E-state index contributed by atoms with van der Waals surface area (Å²) in [5, 5.41) is 7.70. The normalized spacial score (nSPS) is 24.0. The molecule has 0 radical (unpaired) electrons. The highest BCUT2D eigenvalue weighted by Crippen LogP contribution is 2.31. The first kappa shape index (κ1) is 15.7. The van der Waals surface area contributed by atoms with Crippen LogP contribution in [0.2, 0.25) is 0 Å². The first-order valence-electron chi connectivity index (χ1n) is 8.44. The number of hydrogen-bond acceptors (Lipinski definition) is 6. The molecule has 4 rings (SSSR count). The van der Waals surface area contributed by atoms with Gasteiger partial charge in [-0.1, -0.05) is 0 Å². The van der Waals surface area contributed by atoms with E-state index in [9.17, 15) is 14.4 Å². The molecule has 2 amide bonds. The third-order valence-corrected chi connectivity index (χ3v) is 5.01. The highest BCUT2D eigenvalue weighted by molar-refractivity contribution is 6.02. The van der Waals surface area contributed by atoms with E-state index in [1.165, 1.54) is 0 Å². The summed E-state index contributed by atoms with van der Waals surface area (Å²) in [5.74, 6) is -0.0904. The van der Waals surface area contributed by atoms with Crippen LogP contribution in [0, 0.1) is 5.92 Å². The van der Waals surface area contributed by atoms with E-state index in [0.717, 1.165) is 30.5 Å². The predicted octanol–water partition coefficient (Wildman–Crippen LogP) is 0.514. The predicted molar refractivity (Wildman–Crippen MR) is 90.0 cm³/mol. The van der Waals surface area contributed by atoms with Gasteiger partial charge in [0.15, 0.2) is 5.65 Å². The summed E-state index contributed by atoms with van der Waals surface area (Å²) in [6, 6.07) is 3.84. The minimum absolute atomic E-state index is 0.0584. The number of nitrogens with one attached hydrogen (secondary N) is 1. The Kier molecular flexibility index (Phi) is 3.74. The van der Waals surface area contributed by atoms with Gasteiger partial charge in [0.25, 0.3) is 0 Å². The summed E-state index contributed by atoms with van der Waals surface area (Å²) in [6.45, 7) is 1.49. The SMILES string of the molecule is Cn1nc(C2CCC(=O)NC2=O)c2ccc(N3CCC(C=O)C3)nc21. The van der Waals surface area contributed by atoms with E-state index in [4.69, 9.17) is 4.98 Å². The molecule has 0 bridgehead atoms. The second kappa shape index (κ2) is 5.94. The molecule has 0 spiro atoms. The zero-order valence-corrected chi connectivity index (χ0v) is 13.9. The van der Waals surface area contributed by atoms with Gasteiger partial charge < -0.3 is 9.69 Å². The molecule has 0 saturated carbocycles. The number of piperidine rings is 1. The lowest BCUT2D eigenvalue weighted by atomic mass is 9.93. The first-order chi connectivity index (χ1) is 12.1. The van der Waals surface area contributed by atoms with Gasteiger partial charge in [-0.05, 0) is 25.0 Å². The van der Waals surface area contributed by atoms with Gasteiger partial charge in [0.2, 0.25) is 11.8 Å². The van der Waals surface area contributed by atoms with Crippen molar-refractivity contribution >= 4 is 35.0 Å². The van der Waals surface area contributed by atoms with E-state index in [-0.39, 0.29) is 17.7 Å². The molecular formula is C17H19N5O3. The molecule has 0 aromatic carbocycles. The highest BCUT2D eigenvalue weighted by Gasteiger charge is 2.32. The number of aldehydes is 1. The minimum atomic E-state index is -0.430. The number of imide groups is 1. The van der Waals surface area contributed by atoms with E-state index in [1.807, 2.05) is 12.1 Å². The molecule has 1 N–H and O–H groups in total. The van der Waals surface area contributed by atoms with Crippen LogP contribution in [0.5, 0.6) is 0 Å². The third kappa shape index (κ3) is 2.67. The number of anilines is 1. The first-order valence-corrected chi connectivity index (χ1v) is 8.44. The van der Waals surface area contributed by atoms with Crippen molar-refractivity contribution in [2.45, 2.75) is 25.2 Å². The zero-order chi connectivity index (χ0) is 17.6. The van der Waals surface area contributed by atoms with Gasteiger partial charge >= 0.3 is 0 Å². The largest absolute Gasteiger partial charge is 0.356 e. The molecule has 0 aliphatic carbocycles. The fraction of sp³-hybridized carbons (Fsp3) is 0.471. The van der Waals surface area contributed by atoms with E-state index >= 15 is 0 Å². The van der Waals surface area contributed by atoms with Crippen LogP contribution in [0.1, 0.15) is 30.9 Å². The Balaban J connectivity index is 1.68. The number of fused-ring (bicyclic) bond motifs is 1. The Morgan fingerprint density at radius 2 is 2.12 bits per heavy atom. The van der Waals surface area contributed by atoms with Crippen molar-refractivity contribution in [3.05, 3.63) is 17.8 Å². The Morgan fingerprint density at radius 3 is 2.84 bits per heavy atom. The summed E-state index contributed by atoms with van der Waals surface area (Å²) in [4.78, 5) is 41.3. The lowest BCUT2D eigenvalue weighted by Crippen LogP contribution is -2.39. The summed E-state index contributed by atoms with van der Waals surface area (Å²) in [5.41, 5.74) is 1.36. The van der Waals surface area contributed by atoms with Gasteiger partial charge in [0.1, 0.15) is 12.1 Å². The summed E-state index contributed by atoms with van der Waals surface area (Å²) in [6.07, 6.45) is 2.63. The van der Waals surface area contributed by atoms with Gasteiger partial charge in [0.05, 0.1) is 11.6 Å². The van der Waals surface area contributed by atoms with Gasteiger partial charge in [-0.3, -0.25) is 19.6 Å². The van der Waals surface area contributed by atoms with Crippen molar-refractivity contribution in [2.75, 3.05) is 18.0 Å². The maximum absolute atomic E-state index is 12.2. The molecule has 8 heteroatoms. The molecule has 2 unspecified atom stereocenters. The van der Waals surface area contributed by atoms with Gasteiger partial charge in [0, 0.05) is 37.9 Å². The number of hydrogen-bond donors (Lipinski definition) is 1. The fourth-order valence-electron chi connectivity index (χ4n) is 3.64. The Labute approximate surface area is 144 Å². The van der Waals surface area contributed by atoms with Crippen LogP contribution in [-0.4, -0.2) is 46.0 Å². The van der Waals surface area contributed by atoms with Crippen molar-refractivity contribution in [3.8, 4) is 0 Å². The van der Waals surface area contributed by atoms with E-state index in [0.29, 0.717) is 30.7 Å².